The van der Waals surface area contributed by atoms with Gasteiger partial charge in [-0.2, -0.15) is 0 Å². The van der Waals surface area contributed by atoms with E-state index in [9.17, 15) is 5.11 Å². The van der Waals surface area contributed by atoms with E-state index in [0.29, 0.717) is 18.2 Å². The molecular formula is C13H15NO3. The fourth-order valence-electron chi connectivity index (χ4n) is 1.79. The Morgan fingerprint density at radius 3 is 2.82 bits per heavy atom. The van der Waals surface area contributed by atoms with E-state index >= 15 is 0 Å². The number of aryl methyl sites for hydroxylation is 1. The second-order valence-corrected chi connectivity index (χ2v) is 3.67. The molecule has 1 aromatic carbocycles. The molecule has 0 atom stereocenters. The maximum absolute atomic E-state index is 9.34. The summed E-state index contributed by atoms with van der Waals surface area (Å²) >= 11 is 0. The predicted octanol–water partition coefficient (Wildman–Crippen LogP) is 2.54. The SMILES string of the molecule is CCOc1noc(C)c1-c1ccccc1CO. The molecule has 4 heteroatoms. The minimum atomic E-state index is -0.0215. The monoisotopic (exact) mass is 233 g/mol. The Bertz CT molecular complexity index is 505. The number of aliphatic hydroxyl groups excluding tert-OH is 1. The van der Waals surface area contributed by atoms with Crippen molar-refractivity contribution in [2.24, 2.45) is 0 Å². The molecule has 0 aliphatic carbocycles. The number of hydrogen-bond acceptors (Lipinski definition) is 4. The quantitative estimate of drug-likeness (QED) is 0.881. The van der Waals surface area contributed by atoms with Crippen molar-refractivity contribution in [3.8, 4) is 17.0 Å². The highest BCUT2D eigenvalue weighted by atomic mass is 16.5. The Kier molecular flexibility index (Phi) is 3.44. The third-order valence-corrected chi connectivity index (χ3v) is 2.57. The van der Waals surface area contributed by atoms with E-state index in [4.69, 9.17) is 9.26 Å². The molecule has 0 amide bonds. The molecule has 0 saturated heterocycles. The van der Waals surface area contributed by atoms with Crippen LogP contribution in [-0.2, 0) is 6.61 Å². The number of hydrogen-bond donors (Lipinski definition) is 1. The van der Waals surface area contributed by atoms with Gasteiger partial charge in [-0.15, -0.1) is 0 Å². The van der Waals surface area contributed by atoms with E-state index in [1.165, 1.54) is 0 Å². The normalized spacial score (nSPS) is 10.5. The molecule has 0 bridgehead atoms. The molecule has 1 N–H and O–H groups in total. The van der Waals surface area contributed by atoms with E-state index in [0.717, 1.165) is 16.7 Å². The fourth-order valence-corrected chi connectivity index (χ4v) is 1.79. The predicted molar refractivity (Wildman–Crippen MR) is 63.8 cm³/mol. The molecule has 2 aromatic rings. The van der Waals surface area contributed by atoms with Crippen LogP contribution >= 0.6 is 0 Å². The van der Waals surface area contributed by atoms with Gasteiger partial charge in [-0.3, -0.25) is 0 Å². The van der Waals surface area contributed by atoms with Crippen molar-refractivity contribution < 1.29 is 14.4 Å². The van der Waals surface area contributed by atoms with Gasteiger partial charge in [0.15, 0.2) is 0 Å². The Morgan fingerprint density at radius 2 is 2.12 bits per heavy atom. The number of ether oxygens (including phenoxy) is 1. The molecule has 90 valence electrons. The summed E-state index contributed by atoms with van der Waals surface area (Å²) < 4.78 is 10.6. The van der Waals surface area contributed by atoms with Gasteiger partial charge in [0.05, 0.1) is 18.8 Å². The summed E-state index contributed by atoms with van der Waals surface area (Å²) in [7, 11) is 0. The summed E-state index contributed by atoms with van der Waals surface area (Å²) in [5.41, 5.74) is 2.55. The summed E-state index contributed by atoms with van der Waals surface area (Å²) in [6.07, 6.45) is 0. The van der Waals surface area contributed by atoms with E-state index in [1.807, 2.05) is 38.1 Å². The molecule has 0 aliphatic rings. The number of benzene rings is 1. The summed E-state index contributed by atoms with van der Waals surface area (Å²) in [5, 5.41) is 13.2. The van der Waals surface area contributed by atoms with E-state index in [2.05, 4.69) is 5.16 Å². The first kappa shape index (κ1) is 11.7. The number of rotatable bonds is 4. The lowest BCUT2D eigenvalue weighted by Gasteiger charge is -2.07. The average molecular weight is 233 g/mol. The Labute approximate surface area is 99.8 Å². The van der Waals surface area contributed by atoms with Crippen molar-refractivity contribution in [3.05, 3.63) is 35.6 Å². The third-order valence-electron chi connectivity index (χ3n) is 2.57. The van der Waals surface area contributed by atoms with E-state index < -0.39 is 0 Å². The first-order valence-corrected chi connectivity index (χ1v) is 5.56. The van der Waals surface area contributed by atoms with Gasteiger partial charge < -0.3 is 14.4 Å². The molecule has 0 unspecified atom stereocenters. The summed E-state index contributed by atoms with van der Waals surface area (Å²) in [4.78, 5) is 0. The second kappa shape index (κ2) is 5.01. The maximum atomic E-state index is 9.34. The molecule has 1 heterocycles. The summed E-state index contributed by atoms with van der Waals surface area (Å²) in [6, 6.07) is 7.60. The molecule has 0 spiro atoms. The number of nitrogens with zero attached hydrogens (tertiary/aromatic N) is 1. The van der Waals surface area contributed by atoms with Crippen molar-refractivity contribution in [2.45, 2.75) is 20.5 Å². The summed E-state index contributed by atoms with van der Waals surface area (Å²) in [5.74, 6) is 1.17. The van der Waals surface area contributed by atoms with Gasteiger partial charge in [-0.1, -0.05) is 24.3 Å². The highest BCUT2D eigenvalue weighted by Crippen LogP contribution is 2.34. The molecule has 2 rings (SSSR count). The minimum absolute atomic E-state index is 0.0215. The Morgan fingerprint density at radius 1 is 1.35 bits per heavy atom. The standard InChI is InChI=1S/C13H15NO3/c1-3-16-13-12(9(2)17-14-13)11-7-5-4-6-10(11)8-15/h4-7,15H,3,8H2,1-2H3. The van der Waals surface area contributed by atoms with Crippen molar-refractivity contribution in [1.82, 2.24) is 5.16 Å². The van der Waals surface area contributed by atoms with Crippen LogP contribution in [0, 0.1) is 6.92 Å². The van der Waals surface area contributed by atoms with Crippen molar-refractivity contribution in [2.75, 3.05) is 6.61 Å². The molecule has 17 heavy (non-hydrogen) atoms. The lowest BCUT2D eigenvalue weighted by atomic mass is 10.0. The smallest absolute Gasteiger partial charge is 0.262 e. The van der Waals surface area contributed by atoms with Crippen molar-refractivity contribution in [3.63, 3.8) is 0 Å². The van der Waals surface area contributed by atoms with Crippen LogP contribution in [0.3, 0.4) is 0 Å². The highest BCUT2D eigenvalue weighted by Gasteiger charge is 2.18. The largest absolute Gasteiger partial charge is 0.475 e. The Hall–Kier alpha value is -1.81. The summed E-state index contributed by atoms with van der Waals surface area (Å²) in [6.45, 7) is 4.23. The highest BCUT2D eigenvalue weighted by molar-refractivity contribution is 5.73. The van der Waals surface area contributed by atoms with E-state index in [-0.39, 0.29) is 6.61 Å². The van der Waals surface area contributed by atoms with Gasteiger partial charge in [-0.05, 0) is 30.1 Å². The van der Waals surface area contributed by atoms with Crippen LogP contribution in [0.2, 0.25) is 0 Å². The zero-order valence-corrected chi connectivity index (χ0v) is 9.93. The van der Waals surface area contributed by atoms with Gasteiger partial charge in [0.2, 0.25) is 0 Å². The third kappa shape index (κ3) is 2.17. The fraction of sp³-hybridized carbons (Fsp3) is 0.308. The van der Waals surface area contributed by atoms with Crippen LogP contribution in [0.5, 0.6) is 5.88 Å². The zero-order chi connectivity index (χ0) is 12.3. The number of aromatic nitrogens is 1. The molecule has 0 radical (unpaired) electrons. The van der Waals surface area contributed by atoms with Crippen LogP contribution in [0.25, 0.3) is 11.1 Å². The van der Waals surface area contributed by atoms with Gasteiger partial charge >= 0.3 is 0 Å². The average Bonchev–Trinajstić information content (AvgIpc) is 2.71. The molecule has 0 aliphatic heterocycles. The van der Waals surface area contributed by atoms with Crippen LogP contribution in [0.15, 0.2) is 28.8 Å². The van der Waals surface area contributed by atoms with Gasteiger partial charge in [-0.25, -0.2) is 0 Å². The van der Waals surface area contributed by atoms with Gasteiger partial charge in [0, 0.05) is 0 Å². The minimum Gasteiger partial charge on any atom is -0.475 e. The molecule has 1 aromatic heterocycles. The van der Waals surface area contributed by atoms with Crippen molar-refractivity contribution in [1.29, 1.82) is 0 Å². The number of aliphatic hydroxyl groups is 1. The molecule has 0 saturated carbocycles. The van der Waals surface area contributed by atoms with Gasteiger partial charge in [0.25, 0.3) is 5.88 Å². The first-order valence-electron chi connectivity index (χ1n) is 5.56. The topological polar surface area (TPSA) is 55.5 Å². The van der Waals surface area contributed by atoms with Gasteiger partial charge in [0.1, 0.15) is 5.76 Å². The lowest BCUT2D eigenvalue weighted by molar-refractivity contribution is 0.282. The first-order chi connectivity index (χ1) is 8.27. The molecule has 0 fully saturated rings. The molecular weight excluding hydrogens is 218 g/mol. The Balaban J connectivity index is 2.55. The maximum Gasteiger partial charge on any atom is 0.262 e. The van der Waals surface area contributed by atoms with E-state index in [1.54, 1.807) is 0 Å². The zero-order valence-electron chi connectivity index (χ0n) is 9.93. The van der Waals surface area contributed by atoms with Crippen LogP contribution in [0.1, 0.15) is 18.2 Å². The lowest BCUT2D eigenvalue weighted by Crippen LogP contribution is -1.95. The van der Waals surface area contributed by atoms with Crippen LogP contribution in [0.4, 0.5) is 0 Å². The van der Waals surface area contributed by atoms with Crippen LogP contribution in [-0.4, -0.2) is 16.9 Å². The second-order valence-electron chi connectivity index (χ2n) is 3.67. The van der Waals surface area contributed by atoms with Crippen LogP contribution < -0.4 is 4.74 Å². The molecule has 4 nitrogen and oxygen atoms in total. The van der Waals surface area contributed by atoms with Crippen molar-refractivity contribution >= 4 is 0 Å².